The Bertz CT molecular complexity index is 944. The van der Waals surface area contributed by atoms with Crippen LogP contribution in [0, 0.1) is 5.92 Å². The largest absolute Gasteiger partial charge is 0.360 e. The van der Waals surface area contributed by atoms with Gasteiger partial charge in [-0.3, -0.25) is 9.59 Å². The minimum absolute atomic E-state index is 0.0139. The molecule has 1 aromatic heterocycles. The highest BCUT2D eigenvalue weighted by atomic mass is 35.5. The fraction of sp³-hybridized carbons (Fsp3) is 0.200. The number of fused-ring (bicyclic) bond motifs is 1. The number of Topliss-reactive ketones (excluding diaryl/α,β-unsaturated/α-hetero) is 1. The number of para-hydroxylation sites is 1. The van der Waals surface area contributed by atoms with Crippen LogP contribution in [0.25, 0.3) is 10.9 Å². The maximum atomic E-state index is 12.5. The highest BCUT2D eigenvalue weighted by molar-refractivity contribution is 6.34. The third-order valence-electron chi connectivity index (χ3n) is 4.14. The van der Waals surface area contributed by atoms with Crippen molar-refractivity contribution >= 4 is 39.9 Å². The second-order valence-electron chi connectivity index (χ2n) is 6.31. The molecule has 0 fully saturated rings. The Hall–Kier alpha value is -2.59. The summed E-state index contributed by atoms with van der Waals surface area (Å²) < 4.78 is 0. The van der Waals surface area contributed by atoms with Crippen molar-refractivity contribution < 1.29 is 9.59 Å². The van der Waals surface area contributed by atoms with E-state index in [1.807, 2.05) is 44.2 Å². The van der Waals surface area contributed by atoms with Gasteiger partial charge < -0.3 is 10.3 Å². The number of amides is 1. The number of anilines is 1. The van der Waals surface area contributed by atoms with E-state index in [1.165, 1.54) is 0 Å². The molecule has 0 radical (unpaired) electrons. The average molecular weight is 355 g/mol. The summed E-state index contributed by atoms with van der Waals surface area (Å²) in [7, 11) is 0. The van der Waals surface area contributed by atoms with E-state index in [2.05, 4.69) is 10.3 Å². The first-order valence-corrected chi connectivity index (χ1v) is 8.52. The monoisotopic (exact) mass is 354 g/mol. The zero-order valence-electron chi connectivity index (χ0n) is 14.1. The van der Waals surface area contributed by atoms with Gasteiger partial charge in [0.1, 0.15) is 5.78 Å². The quantitative estimate of drug-likeness (QED) is 0.688. The molecular weight excluding hydrogens is 336 g/mol. The zero-order valence-corrected chi connectivity index (χ0v) is 14.9. The van der Waals surface area contributed by atoms with Gasteiger partial charge in [0.05, 0.1) is 16.3 Å². The Morgan fingerprint density at radius 2 is 1.92 bits per heavy atom. The van der Waals surface area contributed by atoms with Crippen molar-refractivity contribution in [2.45, 2.75) is 20.3 Å². The summed E-state index contributed by atoms with van der Waals surface area (Å²) in [6, 6.07) is 12.9. The summed E-state index contributed by atoms with van der Waals surface area (Å²) in [4.78, 5) is 27.5. The number of halogens is 1. The number of carbonyl (C=O) groups excluding carboxylic acids is 2. The van der Waals surface area contributed by atoms with Gasteiger partial charge in [0.2, 0.25) is 0 Å². The van der Waals surface area contributed by atoms with E-state index in [9.17, 15) is 9.59 Å². The molecule has 0 unspecified atom stereocenters. The fourth-order valence-corrected chi connectivity index (χ4v) is 2.87. The molecule has 0 aliphatic carbocycles. The predicted octanol–water partition coefficient (Wildman–Crippen LogP) is 4.84. The average Bonchev–Trinajstić information content (AvgIpc) is 3.01. The standard InChI is InChI=1S/C20H19ClN2O2/c1-12(2)19(24)10-13-7-8-18(16(21)9-13)23-20(25)15-11-22-17-6-4-3-5-14(15)17/h3-9,11-12,22H,10H2,1-2H3,(H,23,25). The molecule has 1 heterocycles. The number of nitrogens with one attached hydrogen (secondary N) is 2. The van der Waals surface area contributed by atoms with Gasteiger partial charge in [-0.05, 0) is 23.8 Å². The molecule has 4 nitrogen and oxygen atoms in total. The summed E-state index contributed by atoms with van der Waals surface area (Å²) in [5.41, 5.74) is 2.83. The number of rotatable bonds is 5. The highest BCUT2D eigenvalue weighted by Crippen LogP contribution is 2.26. The number of ketones is 1. The molecule has 128 valence electrons. The molecule has 0 aliphatic heterocycles. The summed E-state index contributed by atoms with van der Waals surface area (Å²) in [5.74, 6) is -0.0861. The van der Waals surface area contributed by atoms with Gasteiger partial charge in [-0.1, -0.05) is 49.7 Å². The van der Waals surface area contributed by atoms with E-state index >= 15 is 0 Å². The second-order valence-corrected chi connectivity index (χ2v) is 6.72. The fourth-order valence-electron chi connectivity index (χ4n) is 2.62. The Balaban J connectivity index is 1.78. The van der Waals surface area contributed by atoms with E-state index < -0.39 is 0 Å². The van der Waals surface area contributed by atoms with Crippen LogP contribution in [0.5, 0.6) is 0 Å². The Morgan fingerprint density at radius 3 is 2.64 bits per heavy atom. The third kappa shape index (κ3) is 3.74. The molecule has 2 aromatic carbocycles. The van der Waals surface area contributed by atoms with Gasteiger partial charge in [0.15, 0.2) is 0 Å². The molecule has 0 bridgehead atoms. The molecule has 0 saturated heterocycles. The lowest BCUT2D eigenvalue weighted by Gasteiger charge is -2.09. The number of H-pyrrole nitrogens is 1. The molecule has 3 aromatic rings. The van der Waals surface area contributed by atoms with Gasteiger partial charge in [-0.2, -0.15) is 0 Å². The summed E-state index contributed by atoms with van der Waals surface area (Å²) in [6.07, 6.45) is 2.03. The lowest BCUT2D eigenvalue weighted by Crippen LogP contribution is -2.13. The molecule has 5 heteroatoms. The van der Waals surface area contributed by atoms with Crippen molar-refractivity contribution in [1.82, 2.24) is 4.98 Å². The summed E-state index contributed by atoms with van der Waals surface area (Å²) in [6.45, 7) is 3.75. The number of benzene rings is 2. The number of hydrogen-bond donors (Lipinski definition) is 2. The van der Waals surface area contributed by atoms with Crippen LogP contribution < -0.4 is 5.32 Å². The Kier molecular flexibility index (Phi) is 4.91. The van der Waals surface area contributed by atoms with Crippen LogP contribution in [-0.4, -0.2) is 16.7 Å². The van der Waals surface area contributed by atoms with Crippen LogP contribution >= 0.6 is 11.6 Å². The lowest BCUT2D eigenvalue weighted by atomic mass is 10.0. The summed E-state index contributed by atoms with van der Waals surface area (Å²) in [5, 5.41) is 4.11. The normalized spacial score (nSPS) is 11.0. The van der Waals surface area contributed by atoms with Crippen LogP contribution in [0.2, 0.25) is 5.02 Å². The molecule has 0 spiro atoms. The SMILES string of the molecule is CC(C)C(=O)Cc1ccc(NC(=O)c2c[nH]c3ccccc23)c(Cl)c1. The van der Waals surface area contributed by atoms with E-state index in [0.29, 0.717) is 22.7 Å². The van der Waals surface area contributed by atoms with E-state index in [0.717, 1.165) is 16.5 Å². The van der Waals surface area contributed by atoms with Gasteiger partial charge >= 0.3 is 0 Å². The lowest BCUT2D eigenvalue weighted by molar-refractivity contribution is -0.121. The number of aromatic nitrogens is 1. The van der Waals surface area contributed by atoms with Gasteiger partial charge in [-0.15, -0.1) is 0 Å². The Labute approximate surface area is 151 Å². The van der Waals surface area contributed by atoms with Crippen LogP contribution in [0.15, 0.2) is 48.7 Å². The first-order valence-electron chi connectivity index (χ1n) is 8.14. The second kappa shape index (κ2) is 7.11. The topological polar surface area (TPSA) is 62.0 Å². The maximum absolute atomic E-state index is 12.5. The van der Waals surface area contributed by atoms with Gasteiger partial charge in [0, 0.05) is 29.4 Å². The van der Waals surface area contributed by atoms with Crippen LogP contribution in [0.4, 0.5) is 5.69 Å². The van der Waals surface area contributed by atoms with Crippen LogP contribution in [0.3, 0.4) is 0 Å². The van der Waals surface area contributed by atoms with Gasteiger partial charge in [-0.25, -0.2) is 0 Å². The number of carbonyl (C=O) groups is 2. The zero-order chi connectivity index (χ0) is 18.0. The summed E-state index contributed by atoms with van der Waals surface area (Å²) >= 11 is 6.28. The van der Waals surface area contributed by atoms with Crippen molar-refractivity contribution in [2.24, 2.45) is 5.92 Å². The molecule has 0 atom stereocenters. The first kappa shape index (κ1) is 17.2. The van der Waals surface area contributed by atoms with Crippen molar-refractivity contribution in [3.05, 3.63) is 64.8 Å². The molecule has 0 aliphatic rings. The first-order chi connectivity index (χ1) is 12.0. The van der Waals surface area contributed by atoms with Crippen molar-refractivity contribution in [3.8, 4) is 0 Å². The van der Waals surface area contributed by atoms with Crippen LogP contribution in [-0.2, 0) is 11.2 Å². The van der Waals surface area contributed by atoms with Crippen molar-refractivity contribution in [1.29, 1.82) is 0 Å². The molecule has 1 amide bonds. The molecule has 3 rings (SSSR count). The maximum Gasteiger partial charge on any atom is 0.257 e. The smallest absolute Gasteiger partial charge is 0.257 e. The third-order valence-corrected chi connectivity index (χ3v) is 4.45. The molecule has 25 heavy (non-hydrogen) atoms. The van der Waals surface area contributed by atoms with E-state index in [1.54, 1.807) is 18.3 Å². The van der Waals surface area contributed by atoms with Gasteiger partial charge in [0.25, 0.3) is 5.91 Å². The van der Waals surface area contributed by atoms with Crippen LogP contribution in [0.1, 0.15) is 29.8 Å². The highest BCUT2D eigenvalue weighted by Gasteiger charge is 2.14. The van der Waals surface area contributed by atoms with E-state index in [-0.39, 0.29) is 17.6 Å². The predicted molar refractivity (Wildman–Crippen MR) is 101 cm³/mol. The molecule has 2 N–H and O–H groups in total. The molecule has 0 saturated carbocycles. The number of aromatic amines is 1. The van der Waals surface area contributed by atoms with Crippen molar-refractivity contribution in [3.63, 3.8) is 0 Å². The molecular formula is C20H19ClN2O2. The van der Waals surface area contributed by atoms with E-state index in [4.69, 9.17) is 11.6 Å². The minimum atomic E-state index is -0.231. The Morgan fingerprint density at radius 1 is 1.16 bits per heavy atom. The van der Waals surface area contributed by atoms with Crippen molar-refractivity contribution in [2.75, 3.05) is 5.32 Å². The number of hydrogen-bond acceptors (Lipinski definition) is 2. The minimum Gasteiger partial charge on any atom is -0.360 e.